The van der Waals surface area contributed by atoms with E-state index >= 15 is 0 Å². The molecule has 2 aromatic rings. The van der Waals surface area contributed by atoms with Crippen LogP contribution in [0.15, 0.2) is 42.5 Å². The van der Waals surface area contributed by atoms with Crippen LogP contribution in [0.1, 0.15) is 23.1 Å². The minimum Gasteiger partial charge on any atom is -0.333 e. The van der Waals surface area contributed by atoms with Crippen LogP contribution in [0.2, 0.25) is 0 Å². The Morgan fingerprint density at radius 3 is 2.52 bits per heavy atom. The monoisotopic (exact) mass is 337 g/mol. The zero-order chi connectivity index (χ0) is 18.0. The third-order valence-corrected chi connectivity index (χ3v) is 4.66. The van der Waals surface area contributed by atoms with Gasteiger partial charge in [-0.1, -0.05) is 29.8 Å². The Bertz CT molecular complexity index is 799. The molecule has 0 saturated carbocycles. The second-order valence-electron chi connectivity index (χ2n) is 6.59. The van der Waals surface area contributed by atoms with Crippen LogP contribution in [0, 0.1) is 20.8 Å². The van der Waals surface area contributed by atoms with Crippen LogP contribution in [0.3, 0.4) is 0 Å². The summed E-state index contributed by atoms with van der Waals surface area (Å²) in [6, 6.07) is 13.2. The summed E-state index contributed by atoms with van der Waals surface area (Å²) in [7, 11) is 0. The van der Waals surface area contributed by atoms with Crippen LogP contribution >= 0.6 is 0 Å². The number of rotatable bonds is 3. The Balaban J connectivity index is 1.62. The van der Waals surface area contributed by atoms with E-state index in [1.54, 1.807) is 4.90 Å². The lowest BCUT2D eigenvalue weighted by molar-refractivity contribution is -0.117. The molecule has 1 aliphatic heterocycles. The predicted molar refractivity (Wildman–Crippen MR) is 100 cm³/mol. The first-order chi connectivity index (χ1) is 11.9. The summed E-state index contributed by atoms with van der Waals surface area (Å²) in [5.41, 5.74) is 4.98. The van der Waals surface area contributed by atoms with Gasteiger partial charge in [0.05, 0.1) is 6.04 Å². The zero-order valence-corrected chi connectivity index (χ0v) is 14.8. The molecular formula is C20H23N3O2. The smallest absolute Gasteiger partial charge is 0.319 e. The van der Waals surface area contributed by atoms with Crippen molar-refractivity contribution < 1.29 is 9.59 Å². The van der Waals surface area contributed by atoms with E-state index in [0.717, 1.165) is 28.1 Å². The summed E-state index contributed by atoms with van der Waals surface area (Å²) in [6.07, 6.45) is 0.314. The van der Waals surface area contributed by atoms with Gasteiger partial charge in [-0.3, -0.25) is 4.79 Å². The summed E-state index contributed by atoms with van der Waals surface area (Å²) < 4.78 is 0. The fraction of sp³-hybridized carbons (Fsp3) is 0.300. The van der Waals surface area contributed by atoms with Gasteiger partial charge < -0.3 is 15.5 Å². The number of urea groups is 1. The highest BCUT2D eigenvalue weighted by Gasteiger charge is 2.31. The molecule has 25 heavy (non-hydrogen) atoms. The number of nitrogens with zero attached hydrogens (tertiary/aromatic N) is 1. The summed E-state index contributed by atoms with van der Waals surface area (Å²) in [5, 5.41) is 5.78. The number of hydrogen-bond donors (Lipinski definition) is 2. The van der Waals surface area contributed by atoms with Gasteiger partial charge in [0, 0.05) is 24.3 Å². The molecule has 2 aromatic carbocycles. The van der Waals surface area contributed by atoms with Gasteiger partial charge >= 0.3 is 6.03 Å². The maximum Gasteiger partial charge on any atom is 0.319 e. The molecule has 1 aliphatic rings. The molecular weight excluding hydrogens is 314 g/mol. The molecule has 5 nitrogen and oxygen atoms in total. The van der Waals surface area contributed by atoms with Crippen molar-refractivity contribution in [1.82, 2.24) is 5.32 Å². The summed E-state index contributed by atoms with van der Waals surface area (Å²) in [4.78, 5) is 26.3. The molecule has 1 heterocycles. The number of benzene rings is 2. The molecule has 1 atom stereocenters. The third-order valence-electron chi connectivity index (χ3n) is 4.66. The Morgan fingerprint density at radius 2 is 1.80 bits per heavy atom. The minimum absolute atomic E-state index is 0.0286. The molecule has 1 saturated heterocycles. The standard InChI is InChI=1S/C20H23N3O2/c1-13-7-9-17(10-8-13)23-12-16(11-19(23)24)21-20(25)22-18-6-4-5-14(2)15(18)3/h4-10,16H,11-12H2,1-3H3,(H2,21,22,25). The quantitative estimate of drug-likeness (QED) is 0.900. The molecule has 0 radical (unpaired) electrons. The number of carbonyl (C=O) groups excluding carboxylic acids is 2. The number of aryl methyl sites for hydroxylation is 2. The molecule has 5 heteroatoms. The average molecular weight is 337 g/mol. The highest BCUT2D eigenvalue weighted by Crippen LogP contribution is 2.22. The summed E-state index contributed by atoms with van der Waals surface area (Å²) in [6.45, 7) is 6.48. The molecule has 1 unspecified atom stereocenters. The second-order valence-corrected chi connectivity index (χ2v) is 6.59. The van der Waals surface area contributed by atoms with E-state index in [2.05, 4.69) is 10.6 Å². The molecule has 130 valence electrons. The Hall–Kier alpha value is -2.82. The first-order valence-corrected chi connectivity index (χ1v) is 8.45. The third kappa shape index (κ3) is 3.82. The molecule has 3 rings (SSSR count). The van der Waals surface area contributed by atoms with Crippen LogP contribution < -0.4 is 15.5 Å². The van der Waals surface area contributed by atoms with E-state index < -0.39 is 0 Å². The van der Waals surface area contributed by atoms with Gasteiger partial charge in [-0.15, -0.1) is 0 Å². The molecule has 0 bridgehead atoms. The van der Waals surface area contributed by atoms with E-state index in [1.807, 2.05) is 63.2 Å². The lowest BCUT2D eigenvalue weighted by Gasteiger charge is -2.18. The molecule has 0 spiro atoms. The Kier molecular flexibility index (Phi) is 4.74. The Labute approximate surface area is 148 Å². The van der Waals surface area contributed by atoms with Crippen molar-refractivity contribution in [2.45, 2.75) is 33.2 Å². The van der Waals surface area contributed by atoms with E-state index in [4.69, 9.17) is 0 Å². The zero-order valence-electron chi connectivity index (χ0n) is 14.8. The van der Waals surface area contributed by atoms with Crippen LogP contribution in [0.5, 0.6) is 0 Å². The van der Waals surface area contributed by atoms with Gasteiger partial charge in [0.15, 0.2) is 0 Å². The summed E-state index contributed by atoms with van der Waals surface area (Å²) in [5.74, 6) is 0.0286. The van der Waals surface area contributed by atoms with Crippen LogP contribution in [-0.2, 0) is 4.79 Å². The van der Waals surface area contributed by atoms with Crippen molar-refractivity contribution >= 4 is 23.3 Å². The first kappa shape index (κ1) is 17.0. The van der Waals surface area contributed by atoms with E-state index in [-0.39, 0.29) is 18.0 Å². The van der Waals surface area contributed by atoms with Crippen molar-refractivity contribution in [3.05, 3.63) is 59.2 Å². The van der Waals surface area contributed by atoms with Crippen molar-refractivity contribution in [1.29, 1.82) is 0 Å². The van der Waals surface area contributed by atoms with Crippen LogP contribution in [0.4, 0.5) is 16.2 Å². The number of anilines is 2. The molecule has 3 amide bonds. The van der Waals surface area contributed by atoms with Gasteiger partial charge in [0.25, 0.3) is 0 Å². The highest BCUT2D eigenvalue weighted by molar-refractivity contribution is 5.97. The van der Waals surface area contributed by atoms with E-state index in [0.29, 0.717) is 13.0 Å². The fourth-order valence-corrected chi connectivity index (χ4v) is 3.01. The minimum atomic E-state index is -0.280. The van der Waals surface area contributed by atoms with Crippen LogP contribution in [0.25, 0.3) is 0 Å². The Morgan fingerprint density at radius 1 is 1.08 bits per heavy atom. The SMILES string of the molecule is Cc1ccc(N2CC(NC(=O)Nc3cccc(C)c3C)CC2=O)cc1. The lowest BCUT2D eigenvalue weighted by Crippen LogP contribution is -2.39. The van der Waals surface area contributed by atoms with Gasteiger partial charge in [-0.05, 0) is 50.1 Å². The van der Waals surface area contributed by atoms with Gasteiger partial charge in [0.2, 0.25) is 5.91 Å². The maximum absolute atomic E-state index is 12.3. The van der Waals surface area contributed by atoms with E-state index in [9.17, 15) is 9.59 Å². The van der Waals surface area contributed by atoms with Crippen molar-refractivity contribution in [2.75, 3.05) is 16.8 Å². The fourth-order valence-electron chi connectivity index (χ4n) is 3.01. The van der Waals surface area contributed by atoms with Crippen LogP contribution in [-0.4, -0.2) is 24.5 Å². The lowest BCUT2D eigenvalue weighted by atomic mass is 10.1. The molecule has 1 fully saturated rings. The molecule has 2 N–H and O–H groups in total. The number of carbonyl (C=O) groups is 2. The van der Waals surface area contributed by atoms with Crippen molar-refractivity contribution in [2.24, 2.45) is 0 Å². The van der Waals surface area contributed by atoms with E-state index in [1.165, 1.54) is 0 Å². The number of nitrogens with one attached hydrogen (secondary N) is 2. The highest BCUT2D eigenvalue weighted by atomic mass is 16.2. The molecule has 0 aliphatic carbocycles. The van der Waals surface area contributed by atoms with Gasteiger partial charge in [-0.25, -0.2) is 4.79 Å². The van der Waals surface area contributed by atoms with Crippen molar-refractivity contribution in [3.8, 4) is 0 Å². The second kappa shape index (κ2) is 6.97. The number of hydrogen-bond acceptors (Lipinski definition) is 2. The topological polar surface area (TPSA) is 61.4 Å². The van der Waals surface area contributed by atoms with Gasteiger partial charge in [-0.2, -0.15) is 0 Å². The number of amides is 3. The maximum atomic E-state index is 12.3. The summed E-state index contributed by atoms with van der Waals surface area (Å²) >= 11 is 0. The normalized spacial score (nSPS) is 16.8. The average Bonchev–Trinajstić information content (AvgIpc) is 2.93. The first-order valence-electron chi connectivity index (χ1n) is 8.45. The van der Waals surface area contributed by atoms with Crippen molar-refractivity contribution in [3.63, 3.8) is 0 Å². The van der Waals surface area contributed by atoms with Gasteiger partial charge in [0.1, 0.15) is 0 Å². The molecule has 0 aromatic heterocycles. The predicted octanol–water partition coefficient (Wildman–Crippen LogP) is 3.54. The largest absolute Gasteiger partial charge is 0.333 e.